The number of halogens is 3. The second kappa shape index (κ2) is 8.79. The summed E-state index contributed by atoms with van der Waals surface area (Å²) in [4.78, 5) is 4.46. The Morgan fingerprint density at radius 2 is 1.76 bits per heavy atom. The van der Waals surface area contributed by atoms with Crippen LogP contribution in [-0.4, -0.2) is 43.1 Å². The van der Waals surface area contributed by atoms with Crippen LogP contribution in [0, 0.1) is 6.92 Å². The molecule has 3 aromatic rings. The highest BCUT2D eigenvalue weighted by atomic mass is 32.2. The van der Waals surface area contributed by atoms with Crippen LogP contribution in [0.2, 0.25) is 0 Å². The summed E-state index contributed by atoms with van der Waals surface area (Å²) in [7, 11) is -2.31. The molecule has 0 saturated carbocycles. The van der Waals surface area contributed by atoms with Crippen molar-refractivity contribution in [1.82, 2.24) is 14.4 Å². The van der Waals surface area contributed by atoms with E-state index in [2.05, 4.69) is 10.1 Å². The van der Waals surface area contributed by atoms with Gasteiger partial charge in [-0.2, -0.15) is 22.5 Å². The summed E-state index contributed by atoms with van der Waals surface area (Å²) >= 11 is 0. The molecule has 2 heterocycles. The lowest BCUT2D eigenvalue weighted by atomic mass is 9.98. The minimum Gasteiger partial charge on any atom is -0.495 e. The molecule has 0 spiro atoms. The van der Waals surface area contributed by atoms with Crippen molar-refractivity contribution in [3.63, 3.8) is 0 Å². The van der Waals surface area contributed by atoms with Crippen molar-refractivity contribution >= 4 is 10.0 Å². The SMILES string of the molecule is COc1ccc(C)cc1S(=O)(=O)N1CCC(c2nc(-c3ccc(C(F)(F)F)cc3)no2)CC1. The minimum atomic E-state index is -4.42. The van der Waals surface area contributed by atoms with Gasteiger partial charge in [0.2, 0.25) is 21.7 Å². The third-order valence-electron chi connectivity index (χ3n) is 5.65. The first-order valence-corrected chi connectivity index (χ1v) is 11.7. The number of piperidine rings is 1. The number of benzene rings is 2. The van der Waals surface area contributed by atoms with Gasteiger partial charge in [0.25, 0.3) is 0 Å². The third kappa shape index (κ3) is 4.74. The van der Waals surface area contributed by atoms with E-state index in [0.29, 0.717) is 30.0 Å². The van der Waals surface area contributed by atoms with Crippen molar-refractivity contribution in [2.24, 2.45) is 0 Å². The van der Waals surface area contributed by atoms with Gasteiger partial charge in [0.1, 0.15) is 10.6 Å². The Labute approximate surface area is 189 Å². The van der Waals surface area contributed by atoms with Crippen molar-refractivity contribution < 1.29 is 30.8 Å². The summed E-state index contributed by atoms with van der Waals surface area (Å²) in [5.74, 6) is 0.681. The summed E-state index contributed by atoms with van der Waals surface area (Å²) in [6.07, 6.45) is -3.47. The Kier molecular flexibility index (Phi) is 6.19. The van der Waals surface area contributed by atoms with Crippen LogP contribution >= 0.6 is 0 Å². The highest BCUT2D eigenvalue weighted by molar-refractivity contribution is 7.89. The first-order valence-electron chi connectivity index (χ1n) is 10.3. The molecule has 0 bridgehead atoms. The molecule has 4 rings (SSSR count). The lowest BCUT2D eigenvalue weighted by Crippen LogP contribution is -2.38. The van der Waals surface area contributed by atoms with E-state index in [9.17, 15) is 21.6 Å². The van der Waals surface area contributed by atoms with Gasteiger partial charge in [-0.25, -0.2) is 8.42 Å². The first-order chi connectivity index (χ1) is 15.6. The molecule has 1 aliphatic rings. The van der Waals surface area contributed by atoms with Crippen LogP contribution < -0.4 is 4.74 Å². The molecule has 0 unspecified atom stereocenters. The van der Waals surface area contributed by atoms with E-state index < -0.39 is 21.8 Å². The Bertz CT molecular complexity index is 1230. The highest BCUT2D eigenvalue weighted by Gasteiger charge is 2.34. The maximum absolute atomic E-state index is 13.2. The number of nitrogens with zero attached hydrogens (tertiary/aromatic N) is 3. The number of alkyl halides is 3. The molecule has 7 nitrogen and oxygen atoms in total. The number of aryl methyl sites for hydroxylation is 1. The molecule has 1 aliphatic heterocycles. The lowest BCUT2D eigenvalue weighted by Gasteiger charge is -2.30. The summed E-state index contributed by atoms with van der Waals surface area (Å²) in [6.45, 7) is 2.35. The average Bonchev–Trinajstić information content (AvgIpc) is 3.29. The van der Waals surface area contributed by atoms with Gasteiger partial charge in [0, 0.05) is 24.6 Å². The number of sulfonamides is 1. The van der Waals surface area contributed by atoms with Gasteiger partial charge in [-0.1, -0.05) is 23.4 Å². The van der Waals surface area contributed by atoms with Gasteiger partial charge >= 0.3 is 6.18 Å². The van der Waals surface area contributed by atoms with E-state index >= 15 is 0 Å². The molecule has 1 aromatic heterocycles. The molecule has 1 fully saturated rings. The molecule has 1 saturated heterocycles. The molecule has 0 amide bonds. The molecule has 2 aromatic carbocycles. The Balaban J connectivity index is 1.46. The van der Waals surface area contributed by atoms with Crippen LogP contribution in [0.25, 0.3) is 11.4 Å². The van der Waals surface area contributed by atoms with E-state index in [-0.39, 0.29) is 29.7 Å². The largest absolute Gasteiger partial charge is 0.495 e. The van der Waals surface area contributed by atoms with Gasteiger partial charge in [0.15, 0.2) is 0 Å². The number of hydrogen-bond donors (Lipinski definition) is 0. The zero-order valence-corrected chi connectivity index (χ0v) is 18.8. The summed E-state index contributed by atoms with van der Waals surface area (Å²) < 4.78 is 76.6. The van der Waals surface area contributed by atoms with E-state index in [0.717, 1.165) is 17.7 Å². The van der Waals surface area contributed by atoms with Crippen molar-refractivity contribution in [2.75, 3.05) is 20.2 Å². The van der Waals surface area contributed by atoms with Gasteiger partial charge in [-0.15, -0.1) is 0 Å². The van der Waals surface area contributed by atoms with Crippen LogP contribution in [-0.2, 0) is 16.2 Å². The van der Waals surface area contributed by atoms with Crippen LogP contribution in [0.3, 0.4) is 0 Å². The standard InChI is InChI=1S/C22H22F3N3O4S/c1-14-3-8-18(31-2)19(13-14)33(29,30)28-11-9-16(10-12-28)21-26-20(27-32-21)15-4-6-17(7-5-15)22(23,24)25/h3-8,13,16H,9-12H2,1-2H3. The van der Waals surface area contributed by atoms with Gasteiger partial charge in [0.05, 0.1) is 12.7 Å². The Hall–Kier alpha value is -2.92. The molecule has 0 N–H and O–H groups in total. The fourth-order valence-electron chi connectivity index (χ4n) is 3.79. The lowest BCUT2D eigenvalue weighted by molar-refractivity contribution is -0.137. The number of rotatable bonds is 5. The van der Waals surface area contributed by atoms with Crippen LogP contribution in [0.1, 0.15) is 35.8 Å². The van der Waals surface area contributed by atoms with Crippen molar-refractivity contribution in [3.8, 4) is 17.1 Å². The van der Waals surface area contributed by atoms with Gasteiger partial charge in [-0.3, -0.25) is 0 Å². The topological polar surface area (TPSA) is 85.5 Å². The number of methoxy groups -OCH3 is 1. The summed E-state index contributed by atoms with van der Waals surface area (Å²) in [5, 5.41) is 3.89. The van der Waals surface area contributed by atoms with Crippen molar-refractivity contribution in [2.45, 2.75) is 36.8 Å². The molecular weight excluding hydrogens is 459 g/mol. The average molecular weight is 481 g/mol. The van der Waals surface area contributed by atoms with E-state index in [4.69, 9.17) is 9.26 Å². The smallest absolute Gasteiger partial charge is 0.416 e. The van der Waals surface area contributed by atoms with Crippen molar-refractivity contribution in [3.05, 3.63) is 59.5 Å². The number of hydrogen-bond acceptors (Lipinski definition) is 6. The van der Waals surface area contributed by atoms with E-state index in [1.54, 1.807) is 18.2 Å². The normalized spacial score (nSPS) is 16.2. The van der Waals surface area contributed by atoms with Crippen molar-refractivity contribution in [1.29, 1.82) is 0 Å². The highest BCUT2D eigenvalue weighted by Crippen LogP contribution is 2.34. The predicted octanol–water partition coefficient (Wildman–Crippen LogP) is 4.64. The first kappa shape index (κ1) is 23.2. The molecule has 0 atom stereocenters. The van der Waals surface area contributed by atoms with Gasteiger partial charge in [-0.05, 0) is 49.6 Å². The second-order valence-electron chi connectivity index (χ2n) is 7.86. The van der Waals surface area contributed by atoms with Crippen LogP contribution in [0.4, 0.5) is 13.2 Å². The molecule has 176 valence electrons. The zero-order valence-electron chi connectivity index (χ0n) is 18.0. The quantitative estimate of drug-likeness (QED) is 0.528. The van der Waals surface area contributed by atoms with Crippen LogP contribution in [0.5, 0.6) is 5.75 Å². The van der Waals surface area contributed by atoms with Crippen LogP contribution in [0.15, 0.2) is 51.9 Å². The summed E-state index contributed by atoms with van der Waals surface area (Å²) in [6, 6.07) is 9.53. The number of ether oxygens (including phenoxy) is 1. The Morgan fingerprint density at radius 1 is 1.09 bits per heavy atom. The zero-order chi connectivity index (χ0) is 23.8. The van der Waals surface area contributed by atoms with Gasteiger partial charge < -0.3 is 9.26 Å². The van der Waals surface area contributed by atoms with E-state index in [1.165, 1.54) is 23.5 Å². The molecule has 11 heteroatoms. The monoisotopic (exact) mass is 481 g/mol. The fourth-order valence-corrected chi connectivity index (χ4v) is 5.50. The fraction of sp³-hybridized carbons (Fsp3) is 0.364. The molecule has 0 radical (unpaired) electrons. The third-order valence-corrected chi connectivity index (χ3v) is 7.57. The molecule has 33 heavy (non-hydrogen) atoms. The Morgan fingerprint density at radius 3 is 2.36 bits per heavy atom. The van der Waals surface area contributed by atoms with E-state index in [1.807, 2.05) is 6.92 Å². The maximum atomic E-state index is 13.2. The predicted molar refractivity (Wildman–Crippen MR) is 113 cm³/mol. The molecule has 0 aliphatic carbocycles. The summed E-state index contributed by atoms with van der Waals surface area (Å²) in [5.41, 5.74) is 0.462. The maximum Gasteiger partial charge on any atom is 0.416 e. The second-order valence-corrected chi connectivity index (χ2v) is 9.77. The number of aromatic nitrogens is 2. The molecular formula is C22H22F3N3O4S. The minimum absolute atomic E-state index is 0.130.